The molecule has 7 heteroatoms. The maximum Gasteiger partial charge on any atom is 0.225 e. The average Bonchev–Trinajstić information content (AvgIpc) is 3.44. The van der Waals surface area contributed by atoms with Crippen LogP contribution in [0.25, 0.3) is 0 Å². The number of aromatic nitrogens is 1. The van der Waals surface area contributed by atoms with Crippen LogP contribution in [-0.4, -0.2) is 60.5 Å². The van der Waals surface area contributed by atoms with Gasteiger partial charge < -0.3 is 20.4 Å². The van der Waals surface area contributed by atoms with Gasteiger partial charge in [0.1, 0.15) is 5.82 Å². The lowest BCUT2D eigenvalue weighted by atomic mass is 10.1. The molecule has 2 aliphatic heterocycles. The Bertz CT molecular complexity index is 767. The summed E-state index contributed by atoms with van der Waals surface area (Å²) >= 11 is 0. The van der Waals surface area contributed by atoms with Gasteiger partial charge >= 0.3 is 0 Å². The molecular weight excluding hydrogens is 400 g/mol. The Hall–Kier alpha value is -2.31. The molecule has 1 atom stereocenters. The molecule has 176 valence electrons. The molecule has 0 aromatic carbocycles. The summed E-state index contributed by atoms with van der Waals surface area (Å²) < 4.78 is 0. The van der Waals surface area contributed by atoms with E-state index in [1.54, 1.807) is 0 Å². The normalized spacial score (nSPS) is 22.8. The Morgan fingerprint density at radius 3 is 2.62 bits per heavy atom. The highest BCUT2D eigenvalue weighted by molar-refractivity contribution is 5.81. The van der Waals surface area contributed by atoms with Gasteiger partial charge in [0.25, 0.3) is 0 Å². The number of carbonyl (C=O) groups is 1. The molecule has 1 amide bonds. The van der Waals surface area contributed by atoms with Crippen LogP contribution in [0.5, 0.6) is 0 Å². The summed E-state index contributed by atoms with van der Waals surface area (Å²) in [5.74, 6) is 2.54. The number of hydrogen-bond acceptors (Lipinski definition) is 4. The largest absolute Gasteiger partial charge is 0.357 e. The molecule has 1 aromatic heterocycles. The van der Waals surface area contributed by atoms with Gasteiger partial charge in [0.05, 0.1) is 6.54 Å². The Balaban J connectivity index is 1.33. The molecule has 2 N–H and O–H groups in total. The smallest absolute Gasteiger partial charge is 0.225 e. The standard InChI is InChI=1S/C25H40N6O/c1-2-26-25(29-22-12-16-31(19-22)24(32)21-9-5-6-10-21)28-18-20-11-13-27-23(17-20)30-14-7-3-4-8-15-30/h11,13,17,21-22H,2-10,12,14-16,18-19H2,1H3,(H2,26,28,29). The quantitative estimate of drug-likeness (QED) is 0.525. The van der Waals surface area contributed by atoms with Crippen LogP contribution in [-0.2, 0) is 11.3 Å². The van der Waals surface area contributed by atoms with Crippen molar-refractivity contribution in [2.45, 2.75) is 77.3 Å². The summed E-state index contributed by atoms with van der Waals surface area (Å²) in [6.07, 6.45) is 12.6. The van der Waals surface area contributed by atoms with E-state index in [2.05, 4.69) is 44.5 Å². The van der Waals surface area contributed by atoms with Crippen LogP contribution < -0.4 is 15.5 Å². The minimum absolute atomic E-state index is 0.265. The highest BCUT2D eigenvalue weighted by atomic mass is 16.2. The van der Waals surface area contributed by atoms with Gasteiger partial charge in [-0.25, -0.2) is 9.98 Å². The van der Waals surface area contributed by atoms with E-state index in [1.807, 2.05) is 6.20 Å². The summed E-state index contributed by atoms with van der Waals surface area (Å²) in [6.45, 7) is 7.37. The van der Waals surface area contributed by atoms with Crippen molar-refractivity contribution in [1.29, 1.82) is 0 Å². The maximum atomic E-state index is 12.7. The van der Waals surface area contributed by atoms with Crippen molar-refractivity contribution < 1.29 is 4.79 Å². The Morgan fingerprint density at radius 2 is 1.88 bits per heavy atom. The van der Waals surface area contributed by atoms with Crippen molar-refractivity contribution in [3.8, 4) is 0 Å². The van der Waals surface area contributed by atoms with Crippen molar-refractivity contribution in [3.05, 3.63) is 23.9 Å². The second-order valence-corrected chi connectivity index (χ2v) is 9.51. The number of carbonyl (C=O) groups excluding carboxylic acids is 1. The molecule has 3 aliphatic rings. The molecule has 0 radical (unpaired) electrons. The molecular formula is C25H40N6O. The van der Waals surface area contributed by atoms with Crippen LogP contribution in [0, 0.1) is 5.92 Å². The monoisotopic (exact) mass is 440 g/mol. The van der Waals surface area contributed by atoms with Crippen molar-refractivity contribution in [3.63, 3.8) is 0 Å². The minimum Gasteiger partial charge on any atom is -0.357 e. The van der Waals surface area contributed by atoms with Gasteiger partial charge in [0.2, 0.25) is 5.91 Å². The predicted molar refractivity (Wildman–Crippen MR) is 130 cm³/mol. The van der Waals surface area contributed by atoms with E-state index in [1.165, 1.54) is 44.1 Å². The molecule has 1 aromatic rings. The Kier molecular flexibility index (Phi) is 8.24. The highest BCUT2D eigenvalue weighted by Gasteiger charge is 2.32. The van der Waals surface area contributed by atoms with Gasteiger partial charge in [-0.1, -0.05) is 25.7 Å². The van der Waals surface area contributed by atoms with Crippen LogP contribution in [0.2, 0.25) is 0 Å². The summed E-state index contributed by atoms with van der Waals surface area (Å²) in [7, 11) is 0. The number of guanidine groups is 1. The van der Waals surface area contributed by atoms with E-state index >= 15 is 0 Å². The van der Waals surface area contributed by atoms with Gasteiger partial charge in [-0.15, -0.1) is 0 Å². The lowest BCUT2D eigenvalue weighted by molar-refractivity contribution is -0.134. The predicted octanol–water partition coefficient (Wildman–Crippen LogP) is 3.31. The minimum atomic E-state index is 0.265. The van der Waals surface area contributed by atoms with E-state index < -0.39 is 0 Å². The fraction of sp³-hybridized carbons (Fsp3) is 0.720. The average molecular weight is 441 g/mol. The van der Waals surface area contributed by atoms with E-state index in [4.69, 9.17) is 4.99 Å². The second kappa shape index (κ2) is 11.5. The summed E-state index contributed by atoms with van der Waals surface area (Å²) in [5, 5.41) is 6.94. The van der Waals surface area contributed by atoms with E-state index in [0.29, 0.717) is 12.5 Å². The first kappa shape index (κ1) is 22.9. The highest BCUT2D eigenvalue weighted by Crippen LogP contribution is 2.28. The number of nitrogens with one attached hydrogen (secondary N) is 2. The molecule has 7 nitrogen and oxygen atoms in total. The van der Waals surface area contributed by atoms with Gasteiger partial charge in [0.15, 0.2) is 5.96 Å². The summed E-state index contributed by atoms with van der Waals surface area (Å²) in [4.78, 5) is 26.7. The number of rotatable bonds is 6. The molecule has 32 heavy (non-hydrogen) atoms. The Morgan fingerprint density at radius 1 is 1.09 bits per heavy atom. The summed E-state index contributed by atoms with van der Waals surface area (Å²) in [5.41, 5.74) is 1.18. The number of likely N-dealkylation sites (tertiary alicyclic amines) is 1. The van der Waals surface area contributed by atoms with Crippen molar-refractivity contribution in [2.24, 2.45) is 10.9 Å². The zero-order valence-electron chi connectivity index (χ0n) is 19.7. The number of hydrogen-bond donors (Lipinski definition) is 2. The SMILES string of the molecule is CCNC(=NCc1ccnc(N2CCCCCC2)c1)NC1CCN(C(=O)C2CCCC2)C1. The fourth-order valence-corrected chi connectivity index (χ4v) is 5.22. The lowest BCUT2D eigenvalue weighted by Gasteiger charge is -2.22. The summed E-state index contributed by atoms with van der Waals surface area (Å²) in [6, 6.07) is 4.52. The molecule has 4 rings (SSSR count). The third-order valence-corrected chi connectivity index (χ3v) is 7.05. The van der Waals surface area contributed by atoms with Crippen molar-refractivity contribution in [2.75, 3.05) is 37.6 Å². The van der Waals surface area contributed by atoms with Crippen molar-refractivity contribution >= 4 is 17.7 Å². The van der Waals surface area contributed by atoms with E-state index in [0.717, 1.165) is 63.8 Å². The molecule has 1 unspecified atom stereocenters. The molecule has 0 spiro atoms. The zero-order chi connectivity index (χ0) is 22.2. The van der Waals surface area contributed by atoms with Crippen LogP contribution >= 0.6 is 0 Å². The zero-order valence-corrected chi connectivity index (χ0v) is 19.7. The molecule has 2 saturated heterocycles. The molecule has 3 heterocycles. The molecule has 0 bridgehead atoms. The van der Waals surface area contributed by atoms with Crippen LogP contribution in [0.15, 0.2) is 23.3 Å². The van der Waals surface area contributed by atoms with Gasteiger partial charge in [0, 0.05) is 50.9 Å². The molecule has 3 fully saturated rings. The van der Waals surface area contributed by atoms with E-state index in [-0.39, 0.29) is 12.0 Å². The van der Waals surface area contributed by atoms with Gasteiger partial charge in [-0.2, -0.15) is 0 Å². The fourth-order valence-electron chi connectivity index (χ4n) is 5.22. The lowest BCUT2D eigenvalue weighted by Crippen LogP contribution is -2.45. The molecule has 1 aliphatic carbocycles. The first-order valence-electron chi connectivity index (χ1n) is 12.8. The number of aliphatic imine (C=N–C) groups is 1. The van der Waals surface area contributed by atoms with Gasteiger partial charge in [-0.3, -0.25) is 4.79 Å². The van der Waals surface area contributed by atoms with Crippen LogP contribution in [0.1, 0.15) is 70.3 Å². The number of amides is 1. The van der Waals surface area contributed by atoms with Crippen LogP contribution in [0.4, 0.5) is 5.82 Å². The second-order valence-electron chi connectivity index (χ2n) is 9.51. The number of pyridine rings is 1. The number of nitrogens with zero attached hydrogens (tertiary/aromatic N) is 4. The van der Waals surface area contributed by atoms with Crippen molar-refractivity contribution in [1.82, 2.24) is 20.5 Å². The molecule has 1 saturated carbocycles. The third kappa shape index (κ3) is 6.14. The third-order valence-electron chi connectivity index (χ3n) is 7.05. The topological polar surface area (TPSA) is 72.9 Å². The first-order valence-corrected chi connectivity index (χ1v) is 12.8. The Labute approximate surface area is 193 Å². The van der Waals surface area contributed by atoms with Gasteiger partial charge in [-0.05, 0) is 56.7 Å². The first-order chi connectivity index (χ1) is 15.7. The van der Waals surface area contributed by atoms with Crippen LogP contribution in [0.3, 0.4) is 0 Å². The van der Waals surface area contributed by atoms with E-state index in [9.17, 15) is 4.79 Å². The maximum absolute atomic E-state index is 12.7. The number of anilines is 1.